The SMILES string of the molecule is CN(Cc1ccoc1)C(=O)NC1CCCCCC1C(=O)O. The van der Waals surface area contributed by atoms with Crippen molar-refractivity contribution >= 4 is 12.0 Å². The van der Waals surface area contributed by atoms with Crippen molar-refractivity contribution in [2.45, 2.75) is 44.7 Å². The van der Waals surface area contributed by atoms with E-state index in [9.17, 15) is 14.7 Å². The summed E-state index contributed by atoms with van der Waals surface area (Å²) in [7, 11) is 1.69. The molecule has 1 aliphatic carbocycles. The van der Waals surface area contributed by atoms with Crippen LogP contribution in [0.15, 0.2) is 23.0 Å². The molecule has 0 aliphatic heterocycles. The van der Waals surface area contributed by atoms with Gasteiger partial charge in [0.15, 0.2) is 0 Å². The van der Waals surface area contributed by atoms with E-state index in [2.05, 4.69) is 5.32 Å². The predicted molar refractivity (Wildman–Crippen MR) is 76.7 cm³/mol. The highest BCUT2D eigenvalue weighted by Crippen LogP contribution is 2.24. The molecule has 116 valence electrons. The van der Waals surface area contributed by atoms with E-state index in [1.54, 1.807) is 25.6 Å². The molecule has 0 aromatic carbocycles. The highest BCUT2D eigenvalue weighted by molar-refractivity contribution is 5.76. The molecule has 1 aliphatic rings. The third kappa shape index (κ3) is 4.24. The van der Waals surface area contributed by atoms with Crippen LogP contribution in [0.4, 0.5) is 4.79 Å². The zero-order valence-corrected chi connectivity index (χ0v) is 12.2. The van der Waals surface area contributed by atoms with E-state index in [1.807, 2.05) is 0 Å². The molecule has 0 saturated heterocycles. The van der Waals surface area contributed by atoms with Crippen molar-refractivity contribution in [3.63, 3.8) is 0 Å². The maximum atomic E-state index is 12.2. The van der Waals surface area contributed by atoms with Gasteiger partial charge in [-0.3, -0.25) is 4.79 Å². The summed E-state index contributed by atoms with van der Waals surface area (Å²) in [6.45, 7) is 0.437. The van der Waals surface area contributed by atoms with Gasteiger partial charge in [0.05, 0.1) is 25.0 Å². The molecular weight excluding hydrogens is 272 g/mol. The summed E-state index contributed by atoms with van der Waals surface area (Å²) in [6.07, 6.45) is 7.41. The van der Waals surface area contributed by atoms with Crippen molar-refractivity contribution < 1.29 is 19.1 Å². The molecule has 0 bridgehead atoms. The van der Waals surface area contributed by atoms with Crippen molar-refractivity contribution in [2.24, 2.45) is 5.92 Å². The van der Waals surface area contributed by atoms with Gasteiger partial charge in [-0.05, 0) is 18.9 Å². The number of nitrogens with one attached hydrogen (secondary N) is 1. The molecule has 21 heavy (non-hydrogen) atoms. The van der Waals surface area contributed by atoms with Crippen molar-refractivity contribution in [1.29, 1.82) is 0 Å². The van der Waals surface area contributed by atoms with Gasteiger partial charge in [-0.25, -0.2) is 4.79 Å². The molecular formula is C15H22N2O4. The van der Waals surface area contributed by atoms with Crippen LogP contribution in [-0.4, -0.2) is 35.1 Å². The molecule has 1 fully saturated rings. The highest BCUT2D eigenvalue weighted by atomic mass is 16.4. The maximum absolute atomic E-state index is 12.2. The van der Waals surface area contributed by atoms with Gasteiger partial charge in [-0.15, -0.1) is 0 Å². The number of carbonyl (C=O) groups is 2. The second-order valence-corrected chi connectivity index (χ2v) is 5.63. The number of amides is 2. The van der Waals surface area contributed by atoms with Crippen molar-refractivity contribution in [1.82, 2.24) is 10.2 Å². The standard InChI is InChI=1S/C15H22N2O4/c1-17(9-11-7-8-21-10-11)15(20)16-13-6-4-2-3-5-12(13)14(18)19/h7-8,10,12-13H,2-6,9H2,1H3,(H,16,20)(H,18,19). The fraction of sp³-hybridized carbons (Fsp3) is 0.600. The van der Waals surface area contributed by atoms with Crippen LogP contribution in [-0.2, 0) is 11.3 Å². The molecule has 2 unspecified atom stereocenters. The quantitative estimate of drug-likeness (QED) is 0.836. The first-order chi connectivity index (χ1) is 10.1. The lowest BCUT2D eigenvalue weighted by Gasteiger charge is -2.26. The predicted octanol–water partition coefficient (Wildman–Crippen LogP) is 2.45. The van der Waals surface area contributed by atoms with Crippen LogP contribution in [0.5, 0.6) is 0 Å². The fourth-order valence-corrected chi connectivity index (χ4v) is 2.77. The molecule has 1 heterocycles. The monoisotopic (exact) mass is 294 g/mol. The molecule has 1 aromatic heterocycles. The molecule has 1 saturated carbocycles. The Kier molecular flexibility index (Phi) is 5.25. The van der Waals surface area contributed by atoms with Gasteiger partial charge in [-0.1, -0.05) is 19.3 Å². The molecule has 0 radical (unpaired) electrons. The third-order valence-corrected chi connectivity index (χ3v) is 3.99. The smallest absolute Gasteiger partial charge is 0.317 e. The molecule has 2 amide bonds. The average molecular weight is 294 g/mol. The number of rotatable bonds is 4. The summed E-state index contributed by atoms with van der Waals surface area (Å²) in [5.41, 5.74) is 0.906. The number of hydrogen-bond donors (Lipinski definition) is 2. The summed E-state index contributed by atoms with van der Waals surface area (Å²) < 4.78 is 4.97. The first-order valence-electron chi connectivity index (χ1n) is 7.33. The minimum absolute atomic E-state index is 0.241. The largest absolute Gasteiger partial charge is 0.481 e. The van der Waals surface area contributed by atoms with E-state index in [1.165, 1.54) is 4.90 Å². The highest BCUT2D eigenvalue weighted by Gasteiger charge is 2.31. The molecule has 6 heteroatoms. The van der Waals surface area contributed by atoms with E-state index in [-0.39, 0.29) is 12.1 Å². The van der Waals surface area contributed by atoms with Gasteiger partial charge < -0.3 is 19.7 Å². The Morgan fingerprint density at radius 1 is 1.38 bits per heavy atom. The zero-order valence-electron chi connectivity index (χ0n) is 12.2. The van der Waals surface area contributed by atoms with Crippen LogP contribution >= 0.6 is 0 Å². The molecule has 2 atom stereocenters. The molecule has 1 aromatic rings. The minimum Gasteiger partial charge on any atom is -0.481 e. The lowest BCUT2D eigenvalue weighted by molar-refractivity contribution is -0.142. The van der Waals surface area contributed by atoms with Crippen LogP contribution in [0.2, 0.25) is 0 Å². The van der Waals surface area contributed by atoms with Gasteiger partial charge in [0.25, 0.3) is 0 Å². The number of aliphatic carboxylic acids is 1. The number of furan rings is 1. The van der Waals surface area contributed by atoms with E-state index in [0.717, 1.165) is 31.2 Å². The van der Waals surface area contributed by atoms with Gasteiger partial charge in [-0.2, -0.15) is 0 Å². The Morgan fingerprint density at radius 2 is 2.14 bits per heavy atom. The van der Waals surface area contributed by atoms with E-state index in [0.29, 0.717) is 13.0 Å². The molecule has 2 rings (SSSR count). The average Bonchev–Trinajstić information content (AvgIpc) is 2.83. The van der Waals surface area contributed by atoms with Crippen molar-refractivity contribution in [3.8, 4) is 0 Å². The van der Waals surface area contributed by atoms with Crippen LogP contribution < -0.4 is 5.32 Å². The summed E-state index contributed by atoms with van der Waals surface area (Å²) in [5.74, 6) is -1.31. The third-order valence-electron chi connectivity index (χ3n) is 3.99. The number of hydrogen-bond acceptors (Lipinski definition) is 3. The first kappa shape index (κ1) is 15.4. The Balaban J connectivity index is 1.94. The van der Waals surface area contributed by atoms with Crippen LogP contribution in [0.3, 0.4) is 0 Å². The second-order valence-electron chi connectivity index (χ2n) is 5.63. The number of carboxylic acid groups (broad SMARTS) is 1. The summed E-state index contributed by atoms with van der Waals surface area (Å²) >= 11 is 0. The second kappa shape index (κ2) is 7.15. The van der Waals surface area contributed by atoms with E-state index in [4.69, 9.17) is 4.42 Å². The van der Waals surface area contributed by atoms with Crippen molar-refractivity contribution in [3.05, 3.63) is 24.2 Å². The fourth-order valence-electron chi connectivity index (χ4n) is 2.77. The molecule has 0 spiro atoms. The normalized spacial score (nSPS) is 22.3. The first-order valence-corrected chi connectivity index (χ1v) is 7.33. The summed E-state index contributed by atoms with van der Waals surface area (Å²) in [6, 6.07) is 1.27. The zero-order chi connectivity index (χ0) is 15.2. The number of urea groups is 1. The lowest BCUT2D eigenvalue weighted by atomic mass is 9.95. The van der Waals surface area contributed by atoms with E-state index >= 15 is 0 Å². The van der Waals surface area contributed by atoms with Crippen LogP contribution in [0.25, 0.3) is 0 Å². The van der Waals surface area contributed by atoms with Crippen LogP contribution in [0, 0.1) is 5.92 Å². The maximum Gasteiger partial charge on any atom is 0.317 e. The Bertz CT molecular complexity index is 472. The van der Waals surface area contributed by atoms with E-state index < -0.39 is 11.9 Å². The minimum atomic E-state index is -0.820. The van der Waals surface area contributed by atoms with Gasteiger partial charge in [0.1, 0.15) is 0 Å². The van der Waals surface area contributed by atoms with Gasteiger partial charge in [0.2, 0.25) is 0 Å². The summed E-state index contributed by atoms with van der Waals surface area (Å²) in [5, 5.41) is 12.2. The van der Waals surface area contributed by atoms with Crippen molar-refractivity contribution in [2.75, 3.05) is 7.05 Å². The summed E-state index contributed by atoms with van der Waals surface area (Å²) in [4.78, 5) is 25.1. The molecule has 2 N–H and O–H groups in total. The number of carboxylic acids is 1. The Hall–Kier alpha value is -1.98. The Morgan fingerprint density at radius 3 is 2.81 bits per heavy atom. The van der Waals surface area contributed by atoms with Crippen LogP contribution in [0.1, 0.15) is 37.7 Å². The number of carbonyl (C=O) groups excluding carboxylic acids is 1. The Labute approximate surface area is 124 Å². The topological polar surface area (TPSA) is 82.8 Å². The van der Waals surface area contributed by atoms with Gasteiger partial charge >= 0.3 is 12.0 Å². The molecule has 6 nitrogen and oxygen atoms in total. The van der Waals surface area contributed by atoms with Gasteiger partial charge in [0, 0.05) is 18.7 Å². The lowest BCUT2D eigenvalue weighted by Crippen LogP contribution is -2.47. The number of nitrogens with zero attached hydrogens (tertiary/aromatic N) is 1.